The van der Waals surface area contributed by atoms with Crippen LogP contribution in [0.5, 0.6) is 5.88 Å². The van der Waals surface area contributed by atoms with E-state index in [1.165, 1.54) is 7.11 Å². The zero-order chi connectivity index (χ0) is 8.43. The van der Waals surface area contributed by atoms with Crippen molar-refractivity contribution in [1.29, 1.82) is 0 Å². The summed E-state index contributed by atoms with van der Waals surface area (Å²) in [4.78, 5) is 10.9. The van der Waals surface area contributed by atoms with Gasteiger partial charge < -0.3 is 4.74 Å². The summed E-state index contributed by atoms with van der Waals surface area (Å²) in [5, 5.41) is 2.68. The molecular formula is C6H8ClN2O2+. The van der Waals surface area contributed by atoms with E-state index in [-0.39, 0.29) is 5.88 Å². The molecule has 0 aliphatic carbocycles. The molecule has 1 aromatic rings. The maximum atomic E-state index is 10.9. The molecule has 0 saturated heterocycles. The summed E-state index contributed by atoms with van der Waals surface area (Å²) in [6.07, 6.45) is 0. The number of halogens is 1. The van der Waals surface area contributed by atoms with Gasteiger partial charge in [-0.3, -0.25) is 0 Å². The Kier molecular flexibility index (Phi) is 2.14. The van der Waals surface area contributed by atoms with Crippen molar-refractivity contribution in [2.24, 2.45) is 0 Å². The highest BCUT2D eigenvalue weighted by atomic mass is 35.5. The number of aryl methyl sites for hydroxylation is 1. The molecule has 0 amide bonds. The van der Waals surface area contributed by atoms with Crippen LogP contribution in [-0.4, -0.2) is 12.2 Å². The molecule has 0 unspecified atom stereocenters. The topological polar surface area (TPSA) is 48.0 Å². The molecule has 0 aromatic carbocycles. The Labute approximate surface area is 68.3 Å². The SMILES string of the molecule is COc1cc(C)c(Cl)[nH][n+]1=O. The van der Waals surface area contributed by atoms with E-state index in [9.17, 15) is 4.91 Å². The van der Waals surface area contributed by atoms with Crippen LogP contribution in [0.25, 0.3) is 0 Å². The van der Waals surface area contributed by atoms with E-state index in [0.29, 0.717) is 9.70 Å². The molecule has 0 radical (unpaired) electrons. The Morgan fingerprint density at radius 2 is 2.36 bits per heavy atom. The van der Waals surface area contributed by atoms with Crippen LogP contribution in [0, 0.1) is 11.8 Å². The normalized spacial score (nSPS) is 9.73. The molecular weight excluding hydrogens is 168 g/mol. The zero-order valence-corrected chi connectivity index (χ0v) is 6.97. The van der Waals surface area contributed by atoms with Gasteiger partial charge >= 0.3 is 5.88 Å². The summed E-state index contributed by atoms with van der Waals surface area (Å²) >= 11 is 5.61. The lowest BCUT2D eigenvalue weighted by Gasteiger charge is -1.92. The molecule has 1 rings (SSSR count). The van der Waals surface area contributed by atoms with E-state index < -0.39 is 0 Å². The monoisotopic (exact) mass is 175 g/mol. The van der Waals surface area contributed by atoms with Gasteiger partial charge in [0.05, 0.1) is 18.1 Å². The lowest BCUT2D eigenvalue weighted by Crippen LogP contribution is -2.22. The van der Waals surface area contributed by atoms with Gasteiger partial charge in [0.25, 0.3) is 0 Å². The van der Waals surface area contributed by atoms with Crippen LogP contribution in [0.2, 0.25) is 5.15 Å². The van der Waals surface area contributed by atoms with Crippen molar-refractivity contribution in [1.82, 2.24) is 5.10 Å². The number of H-pyrrole nitrogens is 1. The second-order valence-corrected chi connectivity index (χ2v) is 2.47. The fourth-order valence-electron chi connectivity index (χ4n) is 0.681. The number of hydrogen-bond acceptors (Lipinski definition) is 2. The Morgan fingerprint density at radius 1 is 1.73 bits per heavy atom. The van der Waals surface area contributed by atoms with E-state index in [0.717, 1.165) is 5.56 Å². The molecule has 1 aromatic heterocycles. The van der Waals surface area contributed by atoms with Gasteiger partial charge in [-0.15, -0.1) is 0 Å². The quantitative estimate of drug-likeness (QED) is 0.645. The van der Waals surface area contributed by atoms with Crippen molar-refractivity contribution in [3.63, 3.8) is 0 Å². The number of hydrogen-bond donors (Lipinski definition) is 1. The van der Waals surface area contributed by atoms with Crippen molar-refractivity contribution in [2.75, 3.05) is 7.11 Å². The largest absolute Gasteiger partial charge is 0.450 e. The maximum absolute atomic E-state index is 10.9. The van der Waals surface area contributed by atoms with Gasteiger partial charge in [0, 0.05) is 5.56 Å². The summed E-state index contributed by atoms with van der Waals surface area (Å²) in [7, 11) is 1.42. The first kappa shape index (κ1) is 8.07. The molecule has 11 heavy (non-hydrogen) atoms. The molecule has 1 N–H and O–H groups in total. The first-order valence-corrected chi connectivity index (χ1v) is 3.39. The highest BCUT2D eigenvalue weighted by Crippen LogP contribution is 2.11. The first-order valence-electron chi connectivity index (χ1n) is 3.01. The summed E-state index contributed by atoms with van der Waals surface area (Å²) in [6, 6.07) is 1.56. The number of nitrogens with zero attached hydrogens (tertiary/aromatic N) is 1. The van der Waals surface area contributed by atoms with Crippen LogP contribution >= 0.6 is 11.6 Å². The number of methoxy groups -OCH3 is 1. The Balaban J connectivity index is 3.32. The van der Waals surface area contributed by atoms with E-state index in [2.05, 4.69) is 5.10 Å². The van der Waals surface area contributed by atoms with Crippen LogP contribution in [0.3, 0.4) is 0 Å². The van der Waals surface area contributed by atoms with Gasteiger partial charge in [0.15, 0.2) is 5.15 Å². The third-order valence-electron chi connectivity index (χ3n) is 1.30. The highest BCUT2D eigenvalue weighted by molar-refractivity contribution is 6.29. The third kappa shape index (κ3) is 1.51. The van der Waals surface area contributed by atoms with E-state index in [4.69, 9.17) is 16.3 Å². The maximum Gasteiger partial charge on any atom is 0.450 e. The van der Waals surface area contributed by atoms with Crippen molar-refractivity contribution in [3.05, 3.63) is 21.7 Å². The lowest BCUT2D eigenvalue weighted by atomic mass is 10.3. The van der Waals surface area contributed by atoms with Gasteiger partial charge in [-0.25, -0.2) is 0 Å². The van der Waals surface area contributed by atoms with Gasteiger partial charge in [0.1, 0.15) is 0 Å². The van der Waals surface area contributed by atoms with Gasteiger partial charge in [-0.1, -0.05) is 16.7 Å². The molecule has 0 saturated carbocycles. The minimum atomic E-state index is 0.201. The fraction of sp³-hybridized carbons (Fsp3) is 0.333. The molecule has 5 heteroatoms. The molecule has 1 heterocycles. The van der Waals surface area contributed by atoms with Gasteiger partial charge in [0.2, 0.25) is 4.54 Å². The summed E-state index contributed by atoms with van der Waals surface area (Å²) in [6.45, 7) is 1.78. The van der Waals surface area contributed by atoms with Crippen LogP contribution in [0.15, 0.2) is 6.07 Å². The molecule has 0 aliphatic rings. The van der Waals surface area contributed by atoms with E-state index in [1.54, 1.807) is 13.0 Å². The fourth-order valence-corrected chi connectivity index (χ4v) is 0.813. The molecule has 60 valence electrons. The van der Waals surface area contributed by atoms with E-state index >= 15 is 0 Å². The molecule has 0 spiro atoms. The lowest BCUT2D eigenvalue weighted by molar-refractivity contribution is -0.572. The molecule has 0 fully saturated rings. The highest BCUT2D eigenvalue weighted by Gasteiger charge is 2.11. The van der Waals surface area contributed by atoms with Crippen molar-refractivity contribution in [3.8, 4) is 5.88 Å². The average Bonchev–Trinajstić information content (AvgIpc) is 1.97. The minimum Gasteiger partial charge on any atom is -0.443 e. The third-order valence-corrected chi connectivity index (χ3v) is 1.68. The van der Waals surface area contributed by atoms with Crippen molar-refractivity contribution >= 4 is 11.6 Å². The van der Waals surface area contributed by atoms with Crippen molar-refractivity contribution in [2.45, 2.75) is 6.92 Å². The number of ether oxygens (including phenoxy) is 1. The standard InChI is InChI=1S/C6H8ClN2O2/c1-4-3-5(11-2)9(10)8-6(4)7/h3H,1-2H3,(H,8,10)/q+1. The summed E-state index contributed by atoms with van der Waals surface area (Å²) < 4.78 is 5.21. The van der Waals surface area contributed by atoms with Crippen LogP contribution in [-0.2, 0) is 0 Å². The van der Waals surface area contributed by atoms with Crippen LogP contribution < -0.4 is 9.28 Å². The average molecular weight is 176 g/mol. The summed E-state index contributed by atoms with van der Waals surface area (Å²) in [5.74, 6) is 0.201. The predicted octanol–water partition coefficient (Wildman–Crippen LogP) is 0.900. The second kappa shape index (κ2) is 2.92. The zero-order valence-electron chi connectivity index (χ0n) is 6.22. The van der Waals surface area contributed by atoms with E-state index in [1.807, 2.05) is 0 Å². The molecule has 4 nitrogen and oxygen atoms in total. The Bertz CT molecular complexity index is 321. The molecule has 0 aliphatic heterocycles. The van der Waals surface area contributed by atoms with Gasteiger partial charge in [-0.05, 0) is 6.92 Å². The Hall–Kier alpha value is -1.03. The van der Waals surface area contributed by atoms with Crippen molar-refractivity contribution < 1.29 is 9.28 Å². The first-order chi connectivity index (χ1) is 5.15. The van der Waals surface area contributed by atoms with Crippen LogP contribution in [0.1, 0.15) is 5.56 Å². The number of aromatic amines is 1. The second-order valence-electron chi connectivity index (χ2n) is 2.09. The smallest absolute Gasteiger partial charge is 0.443 e. The summed E-state index contributed by atoms with van der Waals surface area (Å²) in [5.41, 5.74) is 0.774. The van der Waals surface area contributed by atoms with Crippen LogP contribution in [0.4, 0.5) is 0 Å². The number of rotatable bonds is 1. The predicted molar refractivity (Wildman–Crippen MR) is 40.5 cm³/mol. The Morgan fingerprint density at radius 3 is 2.91 bits per heavy atom. The molecule has 0 atom stereocenters. The minimum absolute atomic E-state index is 0.201. The number of nitrogens with one attached hydrogen (secondary N) is 1. The number of aromatic nitrogens is 2. The molecule has 0 bridgehead atoms. The van der Waals surface area contributed by atoms with Gasteiger partial charge in [-0.2, -0.15) is 0 Å².